The molecule has 25 heavy (non-hydrogen) atoms. The lowest BCUT2D eigenvalue weighted by atomic mass is 10.1. The Morgan fingerprint density at radius 2 is 1.92 bits per heavy atom. The van der Waals surface area contributed by atoms with E-state index in [9.17, 15) is 22.8 Å². The van der Waals surface area contributed by atoms with E-state index in [1.807, 2.05) is 0 Å². The largest absolute Gasteiger partial charge is 0.450 e. The first-order valence-electron chi connectivity index (χ1n) is 7.75. The molecule has 0 spiro atoms. The second-order valence-corrected chi connectivity index (χ2v) is 5.31. The molecule has 1 heterocycles. The van der Waals surface area contributed by atoms with Crippen LogP contribution < -0.4 is 5.32 Å². The van der Waals surface area contributed by atoms with Crippen LogP contribution in [0.25, 0.3) is 0 Å². The van der Waals surface area contributed by atoms with Gasteiger partial charge in [0.25, 0.3) is 5.91 Å². The van der Waals surface area contributed by atoms with E-state index >= 15 is 0 Å². The number of benzene rings is 1. The maximum atomic E-state index is 13.7. The van der Waals surface area contributed by atoms with Crippen molar-refractivity contribution in [1.82, 2.24) is 10.2 Å². The molecule has 0 bridgehead atoms. The number of ether oxygens (including phenoxy) is 1. The van der Waals surface area contributed by atoms with Crippen molar-refractivity contribution in [3.8, 4) is 0 Å². The van der Waals surface area contributed by atoms with Crippen LogP contribution in [0.2, 0.25) is 0 Å². The average molecular weight is 357 g/mol. The highest BCUT2D eigenvalue weighted by Crippen LogP contribution is 2.38. The first-order chi connectivity index (χ1) is 11.8. The van der Waals surface area contributed by atoms with Gasteiger partial charge in [0.05, 0.1) is 6.61 Å². The van der Waals surface area contributed by atoms with Crippen LogP contribution in [-0.2, 0) is 9.53 Å². The third-order valence-electron chi connectivity index (χ3n) is 3.53. The lowest BCUT2D eigenvalue weighted by Crippen LogP contribution is -2.63. The first-order valence-corrected chi connectivity index (χ1v) is 7.75. The number of nitrogens with one attached hydrogen (secondary N) is 1. The number of hydrogen-bond donors (Lipinski definition) is 1. The fourth-order valence-corrected chi connectivity index (χ4v) is 2.45. The molecule has 1 atom stereocenters. The smallest absolute Gasteiger partial charge is 0.442 e. The van der Waals surface area contributed by atoms with Crippen LogP contribution in [-0.4, -0.2) is 47.7 Å². The molecular weight excluding hydrogens is 339 g/mol. The molecule has 9 heteroatoms. The summed E-state index contributed by atoms with van der Waals surface area (Å²) in [5.74, 6) is -1.49. The molecule has 1 aromatic carbocycles. The van der Waals surface area contributed by atoms with Crippen molar-refractivity contribution in [3.05, 3.63) is 35.9 Å². The van der Waals surface area contributed by atoms with Crippen molar-refractivity contribution in [1.29, 1.82) is 0 Å². The van der Waals surface area contributed by atoms with Gasteiger partial charge in [-0.2, -0.15) is 13.2 Å². The number of hydrogen-bond acceptors (Lipinski definition) is 4. The second kappa shape index (κ2) is 7.12. The Morgan fingerprint density at radius 1 is 1.28 bits per heavy atom. The van der Waals surface area contributed by atoms with Gasteiger partial charge in [-0.25, -0.2) is 9.79 Å². The van der Waals surface area contributed by atoms with Crippen LogP contribution >= 0.6 is 0 Å². The molecular formula is C16H18F3N3O3. The Labute approximate surface area is 142 Å². The quantitative estimate of drug-likeness (QED) is 0.881. The minimum Gasteiger partial charge on any atom is -0.450 e. The molecule has 0 saturated heterocycles. The molecule has 0 aromatic heterocycles. The van der Waals surface area contributed by atoms with Crippen LogP contribution in [0.1, 0.15) is 25.8 Å². The van der Waals surface area contributed by atoms with Gasteiger partial charge >= 0.3 is 17.9 Å². The number of amides is 2. The van der Waals surface area contributed by atoms with Gasteiger partial charge in [0.2, 0.25) is 0 Å². The van der Waals surface area contributed by atoms with Crippen molar-refractivity contribution < 1.29 is 27.5 Å². The van der Waals surface area contributed by atoms with Crippen molar-refractivity contribution in [2.75, 3.05) is 13.2 Å². The van der Waals surface area contributed by atoms with Crippen molar-refractivity contribution in [2.45, 2.75) is 32.1 Å². The van der Waals surface area contributed by atoms with Gasteiger partial charge in [0, 0.05) is 12.1 Å². The molecule has 1 aliphatic rings. The summed E-state index contributed by atoms with van der Waals surface area (Å²) in [6.07, 6.45) is -6.06. The topological polar surface area (TPSA) is 71.0 Å². The Morgan fingerprint density at radius 3 is 2.44 bits per heavy atom. The monoisotopic (exact) mass is 357 g/mol. The Hall–Kier alpha value is -2.58. The van der Waals surface area contributed by atoms with Crippen LogP contribution in [0.3, 0.4) is 0 Å². The van der Waals surface area contributed by atoms with Gasteiger partial charge < -0.3 is 4.74 Å². The molecule has 0 unspecified atom stereocenters. The van der Waals surface area contributed by atoms with Gasteiger partial charge in [-0.15, -0.1) is 0 Å². The Balaban J connectivity index is 2.56. The number of carbonyl (C=O) groups excluding carboxylic acids is 2. The molecule has 1 N–H and O–H groups in total. The summed E-state index contributed by atoms with van der Waals surface area (Å²) in [6, 6.07) is 8.04. The third-order valence-corrected chi connectivity index (χ3v) is 3.53. The molecule has 2 rings (SSSR count). The van der Waals surface area contributed by atoms with E-state index in [1.54, 1.807) is 42.6 Å². The maximum Gasteiger partial charge on any atom is 0.442 e. The van der Waals surface area contributed by atoms with E-state index in [1.165, 1.54) is 6.92 Å². The zero-order valence-electron chi connectivity index (χ0n) is 13.8. The number of halogens is 3. The van der Waals surface area contributed by atoms with Gasteiger partial charge in [-0.1, -0.05) is 37.3 Å². The SMILES string of the molecule is CCCN1C(=O)[C@](NC(=O)OCC)(C(F)(F)F)N=C1c1ccccc1. The average Bonchev–Trinajstić information content (AvgIpc) is 2.83. The molecule has 0 radical (unpaired) electrons. The summed E-state index contributed by atoms with van der Waals surface area (Å²) in [6.45, 7) is 3.07. The lowest BCUT2D eigenvalue weighted by Gasteiger charge is -2.28. The fraction of sp³-hybridized carbons (Fsp3) is 0.438. The molecule has 136 valence electrons. The highest BCUT2D eigenvalue weighted by atomic mass is 19.4. The zero-order valence-corrected chi connectivity index (χ0v) is 13.8. The van der Waals surface area contributed by atoms with E-state index in [2.05, 4.69) is 9.73 Å². The third kappa shape index (κ3) is 3.45. The molecule has 0 fully saturated rings. The highest BCUT2D eigenvalue weighted by molar-refractivity contribution is 6.16. The zero-order chi connectivity index (χ0) is 18.7. The summed E-state index contributed by atoms with van der Waals surface area (Å²) in [5, 5.41) is 1.61. The van der Waals surface area contributed by atoms with Crippen LogP contribution in [0.15, 0.2) is 35.3 Å². The summed E-state index contributed by atoms with van der Waals surface area (Å²) >= 11 is 0. The fourth-order valence-electron chi connectivity index (χ4n) is 2.45. The number of alkyl carbamates (subject to hydrolysis) is 1. The minimum absolute atomic E-state index is 0.0366. The predicted octanol–water partition coefficient (Wildman–Crippen LogP) is 2.69. The summed E-state index contributed by atoms with van der Waals surface area (Å²) < 4.78 is 45.8. The van der Waals surface area contributed by atoms with E-state index in [0.717, 1.165) is 4.90 Å². The van der Waals surface area contributed by atoms with E-state index < -0.39 is 23.8 Å². The Bertz CT molecular complexity index is 676. The number of rotatable bonds is 5. The normalized spacial score (nSPS) is 20.4. The molecule has 1 aromatic rings. The van der Waals surface area contributed by atoms with E-state index in [4.69, 9.17) is 0 Å². The molecule has 2 amide bonds. The van der Waals surface area contributed by atoms with Crippen molar-refractivity contribution >= 4 is 17.8 Å². The highest BCUT2D eigenvalue weighted by Gasteiger charge is 2.67. The van der Waals surface area contributed by atoms with Crippen LogP contribution in [0.4, 0.5) is 18.0 Å². The summed E-state index contributed by atoms with van der Waals surface area (Å²) in [5.41, 5.74) is -3.04. The molecule has 1 aliphatic heterocycles. The summed E-state index contributed by atoms with van der Waals surface area (Å²) in [7, 11) is 0. The number of aliphatic imine (C=N–C) groups is 1. The first kappa shape index (κ1) is 18.8. The van der Waals surface area contributed by atoms with Crippen molar-refractivity contribution in [2.24, 2.45) is 4.99 Å². The molecule has 6 nitrogen and oxygen atoms in total. The number of amidine groups is 1. The standard InChI is InChI=1S/C16H18F3N3O3/c1-3-10-22-12(11-8-6-5-7-9-11)20-15(13(22)23,16(17,18)19)21-14(24)25-4-2/h5-9H,3-4,10H2,1-2H3,(H,21,24)/t15-/m0/s1. The maximum absolute atomic E-state index is 13.7. The van der Waals surface area contributed by atoms with Crippen LogP contribution in [0, 0.1) is 0 Å². The number of carbonyl (C=O) groups is 2. The minimum atomic E-state index is -5.13. The number of alkyl halides is 3. The summed E-state index contributed by atoms with van der Waals surface area (Å²) in [4.78, 5) is 28.8. The van der Waals surface area contributed by atoms with Crippen molar-refractivity contribution in [3.63, 3.8) is 0 Å². The Kier molecular flexibility index (Phi) is 5.34. The molecule has 0 saturated carbocycles. The lowest BCUT2D eigenvalue weighted by molar-refractivity contribution is -0.197. The van der Waals surface area contributed by atoms with Gasteiger partial charge in [-0.3, -0.25) is 15.0 Å². The molecule has 0 aliphatic carbocycles. The number of nitrogens with zero attached hydrogens (tertiary/aromatic N) is 2. The second-order valence-electron chi connectivity index (χ2n) is 5.31. The van der Waals surface area contributed by atoms with Gasteiger partial charge in [0.15, 0.2) is 0 Å². The van der Waals surface area contributed by atoms with E-state index in [-0.39, 0.29) is 19.0 Å². The predicted molar refractivity (Wildman–Crippen MR) is 83.9 cm³/mol. The van der Waals surface area contributed by atoms with Gasteiger partial charge in [-0.05, 0) is 13.3 Å². The van der Waals surface area contributed by atoms with Gasteiger partial charge in [0.1, 0.15) is 5.84 Å². The van der Waals surface area contributed by atoms with E-state index in [0.29, 0.717) is 12.0 Å². The van der Waals surface area contributed by atoms with Crippen LogP contribution in [0.5, 0.6) is 0 Å².